The predicted octanol–water partition coefficient (Wildman–Crippen LogP) is 5.80. The van der Waals surface area contributed by atoms with Crippen molar-refractivity contribution in [3.8, 4) is 17.1 Å². The Morgan fingerprint density at radius 1 is 1.09 bits per heavy atom. The van der Waals surface area contributed by atoms with E-state index < -0.39 is 0 Å². The van der Waals surface area contributed by atoms with Gasteiger partial charge in [0.1, 0.15) is 17.0 Å². The van der Waals surface area contributed by atoms with Crippen LogP contribution in [0.15, 0.2) is 46.9 Å². The van der Waals surface area contributed by atoms with Gasteiger partial charge in [0.05, 0.1) is 25.4 Å². The number of rotatable bonds is 8. The molecule has 0 aliphatic carbocycles. The van der Waals surface area contributed by atoms with Gasteiger partial charge in [-0.1, -0.05) is 43.7 Å². The van der Waals surface area contributed by atoms with E-state index in [2.05, 4.69) is 36.1 Å². The van der Waals surface area contributed by atoms with Crippen LogP contribution < -0.4 is 9.64 Å². The number of unbranched alkanes of at least 4 members (excludes halogenated alkanes) is 1. The maximum atomic E-state index is 6.22. The van der Waals surface area contributed by atoms with Gasteiger partial charge in [0.15, 0.2) is 17.2 Å². The highest BCUT2D eigenvalue weighted by molar-refractivity contribution is 5.93. The van der Waals surface area contributed by atoms with Crippen LogP contribution >= 0.6 is 0 Å². The minimum atomic E-state index is 0.582. The fraction of sp³-hybridized carbons (Fsp3) is 0.385. The Hall–Kier alpha value is -3.12. The van der Waals surface area contributed by atoms with E-state index >= 15 is 0 Å². The van der Waals surface area contributed by atoms with Crippen LogP contribution in [0.4, 0.5) is 5.82 Å². The van der Waals surface area contributed by atoms with E-state index in [1.807, 2.05) is 38.1 Å². The monoisotopic (exact) mass is 433 g/mol. The van der Waals surface area contributed by atoms with Crippen LogP contribution in [0.2, 0.25) is 0 Å². The van der Waals surface area contributed by atoms with Gasteiger partial charge in [-0.25, -0.2) is 9.97 Å². The lowest BCUT2D eigenvalue weighted by Gasteiger charge is -2.28. The number of hydrogen-bond acceptors (Lipinski definition) is 6. The molecule has 0 saturated carbocycles. The number of fused-ring (bicyclic) bond motifs is 1. The summed E-state index contributed by atoms with van der Waals surface area (Å²) < 4.78 is 17.6. The molecule has 0 N–H and O–H groups in total. The average molecular weight is 434 g/mol. The first-order valence-electron chi connectivity index (χ1n) is 11.4. The van der Waals surface area contributed by atoms with E-state index in [0.29, 0.717) is 25.6 Å². The second-order valence-corrected chi connectivity index (χ2v) is 7.73. The molecular formula is C26H31N3O3. The highest BCUT2D eigenvalue weighted by Crippen LogP contribution is 2.36. The molecule has 6 heteroatoms. The molecule has 1 aliphatic rings. The number of morpholine rings is 1. The van der Waals surface area contributed by atoms with Crippen LogP contribution in [-0.4, -0.2) is 42.9 Å². The molecule has 1 aromatic carbocycles. The molecular weight excluding hydrogens is 402 g/mol. The molecule has 3 aromatic rings. The first kappa shape index (κ1) is 22.1. The first-order chi connectivity index (χ1) is 15.7. The summed E-state index contributed by atoms with van der Waals surface area (Å²) in [6.07, 6.45) is 10.6. The molecule has 1 aliphatic heterocycles. The van der Waals surface area contributed by atoms with Gasteiger partial charge >= 0.3 is 0 Å². The third-order valence-electron chi connectivity index (χ3n) is 5.44. The molecule has 0 spiro atoms. The van der Waals surface area contributed by atoms with Gasteiger partial charge in [-0.05, 0) is 38.5 Å². The zero-order valence-corrected chi connectivity index (χ0v) is 19.1. The van der Waals surface area contributed by atoms with E-state index in [1.54, 1.807) is 0 Å². The Morgan fingerprint density at radius 3 is 2.69 bits per heavy atom. The molecule has 0 amide bonds. The standard InChI is InChI=1S/C26H31N3O3/c1-4-6-7-8-9-12-20-19(3)32-24-23(20)27-25(21-13-10-11-14-22(21)31-5-2)28-26(24)29-15-17-30-18-16-29/h7-14H,4-6,15-18H2,1-3H3. The summed E-state index contributed by atoms with van der Waals surface area (Å²) in [7, 11) is 0. The van der Waals surface area contributed by atoms with Crippen molar-refractivity contribution in [2.45, 2.75) is 33.6 Å². The van der Waals surface area contributed by atoms with Gasteiger partial charge in [-0.15, -0.1) is 0 Å². The molecule has 2 aromatic heterocycles. The SMILES string of the molecule is CCCC=CC=Cc1c(C)oc2c(N3CCOCC3)nc(-c3ccccc3OCC)nc12. The molecule has 1 saturated heterocycles. The van der Waals surface area contributed by atoms with Crippen LogP contribution in [0.5, 0.6) is 5.75 Å². The number of furan rings is 1. The van der Waals surface area contributed by atoms with Gasteiger partial charge in [0, 0.05) is 18.7 Å². The van der Waals surface area contributed by atoms with Crippen molar-refractivity contribution >= 4 is 23.0 Å². The molecule has 168 valence electrons. The molecule has 6 nitrogen and oxygen atoms in total. The third-order valence-corrected chi connectivity index (χ3v) is 5.44. The number of aromatic nitrogens is 2. The van der Waals surface area contributed by atoms with Crippen molar-refractivity contribution in [3.05, 3.63) is 53.8 Å². The van der Waals surface area contributed by atoms with Crippen molar-refractivity contribution in [2.24, 2.45) is 0 Å². The van der Waals surface area contributed by atoms with E-state index in [4.69, 9.17) is 23.9 Å². The minimum absolute atomic E-state index is 0.582. The van der Waals surface area contributed by atoms with Crippen molar-refractivity contribution in [3.63, 3.8) is 0 Å². The van der Waals surface area contributed by atoms with Crippen molar-refractivity contribution < 1.29 is 13.9 Å². The Kier molecular flexibility index (Phi) is 7.22. The molecule has 1 fully saturated rings. The number of nitrogens with zero attached hydrogens (tertiary/aromatic N) is 3. The van der Waals surface area contributed by atoms with Gasteiger partial charge in [-0.2, -0.15) is 0 Å². The lowest BCUT2D eigenvalue weighted by Crippen LogP contribution is -2.37. The largest absolute Gasteiger partial charge is 0.493 e. The quantitative estimate of drug-likeness (QED) is 0.418. The summed E-state index contributed by atoms with van der Waals surface area (Å²) in [5.74, 6) is 3.06. The normalized spacial score (nSPS) is 14.8. The van der Waals surface area contributed by atoms with Gasteiger partial charge in [0.25, 0.3) is 0 Å². The van der Waals surface area contributed by atoms with Crippen molar-refractivity contribution in [2.75, 3.05) is 37.8 Å². The highest BCUT2D eigenvalue weighted by Gasteiger charge is 2.24. The molecule has 0 radical (unpaired) electrons. The van der Waals surface area contributed by atoms with E-state index in [9.17, 15) is 0 Å². The fourth-order valence-electron chi connectivity index (χ4n) is 3.82. The molecule has 0 unspecified atom stereocenters. The molecule has 3 heterocycles. The minimum Gasteiger partial charge on any atom is -0.493 e. The van der Waals surface area contributed by atoms with E-state index in [-0.39, 0.29) is 0 Å². The zero-order chi connectivity index (χ0) is 22.3. The number of benzene rings is 1. The summed E-state index contributed by atoms with van der Waals surface area (Å²) in [4.78, 5) is 12.1. The number of anilines is 1. The number of aryl methyl sites for hydroxylation is 1. The number of allylic oxidation sites excluding steroid dienone is 3. The van der Waals surface area contributed by atoms with Crippen LogP contribution in [0.25, 0.3) is 28.6 Å². The summed E-state index contributed by atoms with van der Waals surface area (Å²) >= 11 is 0. The predicted molar refractivity (Wildman–Crippen MR) is 129 cm³/mol. The zero-order valence-electron chi connectivity index (χ0n) is 19.1. The average Bonchev–Trinajstić information content (AvgIpc) is 3.14. The molecule has 0 atom stereocenters. The molecule has 0 bridgehead atoms. The van der Waals surface area contributed by atoms with Crippen molar-refractivity contribution in [1.29, 1.82) is 0 Å². The van der Waals surface area contributed by atoms with Crippen molar-refractivity contribution in [1.82, 2.24) is 9.97 Å². The molecule has 4 rings (SSSR count). The molecule has 32 heavy (non-hydrogen) atoms. The Balaban J connectivity index is 1.87. The van der Waals surface area contributed by atoms with Gasteiger partial charge in [0.2, 0.25) is 0 Å². The van der Waals surface area contributed by atoms with E-state index in [1.165, 1.54) is 0 Å². The maximum Gasteiger partial charge on any atom is 0.195 e. The van der Waals surface area contributed by atoms with Gasteiger partial charge < -0.3 is 18.8 Å². The first-order valence-corrected chi connectivity index (χ1v) is 11.4. The van der Waals surface area contributed by atoms with Crippen LogP contribution in [0.1, 0.15) is 38.0 Å². The highest BCUT2D eigenvalue weighted by atomic mass is 16.5. The number of hydrogen-bond donors (Lipinski definition) is 0. The van der Waals surface area contributed by atoms with Gasteiger partial charge in [-0.3, -0.25) is 0 Å². The summed E-state index contributed by atoms with van der Waals surface area (Å²) in [6.45, 7) is 9.59. The Labute approximate surface area is 189 Å². The Morgan fingerprint density at radius 2 is 1.91 bits per heavy atom. The topological polar surface area (TPSA) is 60.6 Å². The van der Waals surface area contributed by atoms with E-state index in [0.717, 1.165) is 65.5 Å². The summed E-state index contributed by atoms with van der Waals surface area (Å²) in [5.41, 5.74) is 3.40. The summed E-state index contributed by atoms with van der Waals surface area (Å²) in [5, 5.41) is 0. The van der Waals surface area contributed by atoms with Crippen LogP contribution in [0, 0.1) is 6.92 Å². The lowest BCUT2D eigenvalue weighted by molar-refractivity contribution is 0.122. The lowest BCUT2D eigenvalue weighted by atomic mass is 10.1. The van der Waals surface area contributed by atoms with Crippen LogP contribution in [-0.2, 0) is 4.74 Å². The summed E-state index contributed by atoms with van der Waals surface area (Å²) in [6, 6.07) is 7.92. The second kappa shape index (κ2) is 10.5. The number of ether oxygens (including phenoxy) is 2. The second-order valence-electron chi connectivity index (χ2n) is 7.73. The maximum absolute atomic E-state index is 6.22. The Bertz CT molecular complexity index is 1110. The number of para-hydroxylation sites is 1. The fourth-order valence-corrected chi connectivity index (χ4v) is 3.82. The van der Waals surface area contributed by atoms with Crippen LogP contribution in [0.3, 0.4) is 0 Å². The smallest absolute Gasteiger partial charge is 0.195 e. The third kappa shape index (κ3) is 4.70.